The van der Waals surface area contributed by atoms with Gasteiger partial charge >= 0.3 is 0 Å². The van der Waals surface area contributed by atoms with E-state index in [0.717, 1.165) is 65.2 Å². The Balaban J connectivity index is 1.83. The Hall–Kier alpha value is -0.160. The van der Waals surface area contributed by atoms with Crippen molar-refractivity contribution in [2.75, 3.05) is 45.9 Å². The Labute approximate surface area is 91.6 Å². The minimum atomic E-state index is -0.471. The zero-order valence-corrected chi connectivity index (χ0v) is 9.37. The van der Waals surface area contributed by atoms with Crippen molar-refractivity contribution in [2.45, 2.75) is 24.9 Å². The maximum atomic E-state index is 10.5. The normalized spacial score (nSPS) is 35.0. The fourth-order valence-electron chi connectivity index (χ4n) is 2.45. The fraction of sp³-hybridized carbons (Fsp3) is 1.00. The molecular weight excluding hydrogens is 192 g/mol. The van der Waals surface area contributed by atoms with Crippen LogP contribution in [0.2, 0.25) is 0 Å². The van der Waals surface area contributed by atoms with Gasteiger partial charge in [0.1, 0.15) is 0 Å². The van der Waals surface area contributed by atoms with Crippen LogP contribution in [0.25, 0.3) is 0 Å². The molecule has 2 N–H and O–H groups in total. The van der Waals surface area contributed by atoms with E-state index < -0.39 is 5.60 Å². The van der Waals surface area contributed by atoms with Gasteiger partial charge in [0.2, 0.25) is 0 Å². The van der Waals surface area contributed by atoms with E-state index in [0.29, 0.717) is 0 Å². The summed E-state index contributed by atoms with van der Waals surface area (Å²) < 4.78 is 5.31. The quantitative estimate of drug-likeness (QED) is 0.669. The van der Waals surface area contributed by atoms with E-state index >= 15 is 0 Å². The van der Waals surface area contributed by atoms with Gasteiger partial charge in [0.25, 0.3) is 0 Å². The van der Waals surface area contributed by atoms with E-state index in [4.69, 9.17) is 4.74 Å². The van der Waals surface area contributed by atoms with Crippen LogP contribution in [0, 0.1) is 0 Å². The molecule has 1 unspecified atom stereocenters. The van der Waals surface area contributed by atoms with Crippen LogP contribution in [-0.4, -0.2) is 61.5 Å². The van der Waals surface area contributed by atoms with E-state index in [-0.39, 0.29) is 0 Å². The van der Waals surface area contributed by atoms with Crippen molar-refractivity contribution in [3.05, 3.63) is 0 Å². The first kappa shape index (κ1) is 11.3. The Morgan fingerprint density at radius 2 is 2.00 bits per heavy atom. The van der Waals surface area contributed by atoms with Gasteiger partial charge in [-0.1, -0.05) is 0 Å². The van der Waals surface area contributed by atoms with Gasteiger partial charge in [-0.05, 0) is 32.4 Å². The molecule has 88 valence electrons. The predicted octanol–water partition coefficient (Wildman–Crippen LogP) is -0.177. The highest BCUT2D eigenvalue weighted by Crippen LogP contribution is 2.21. The molecule has 2 rings (SSSR count). The summed E-state index contributed by atoms with van der Waals surface area (Å²) in [6.07, 6.45) is 2.89. The molecule has 2 fully saturated rings. The van der Waals surface area contributed by atoms with E-state index in [1.54, 1.807) is 0 Å². The second kappa shape index (κ2) is 5.25. The topological polar surface area (TPSA) is 44.7 Å². The SMILES string of the molecule is OC1(CN2CCOCC2)CCCNCC1. The Morgan fingerprint density at radius 1 is 1.20 bits per heavy atom. The van der Waals surface area contributed by atoms with Crippen LogP contribution in [0.5, 0.6) is 0 Å². The van der Waals surface area contributed by atoms with Crippen LogP contribution in [0.4, 0.5) is 0 Å². The van der Waals surface area contributed by atoms with E-state index in [2.05, 4.69) is 10.2 Å². The second-order valence-corrected chi connectivity index (χ2v) is 4.72. The maximum absolute atomic E-state index is 10.5. The van der Waals surface area contributed by atoms with Gasteiger partial charge in [-0.25, -0.2) is 0 Å². The standard InChI is InChI=1S/C11H22N2O2/c14-11(2-1-4-12-5-3-11)10-13-6-8-15-9-7-13/h12,14H,1-10H2. The van der Waals surface area contributed by atoms with Gasteiger partial charge in [-0.15, -0.1) is 0 Å². The van der Waals surface area contributed by atoms with E-state index in [1.807, 2.05) is 0 Å². The van der Waals surface area contributed by atoms with Gasteiger partial charge in [0.15, 0.2) is 0 Å². The lowest BCUT2D eigenvalue weighted by Gasteiger charge is -2.35. The lowest BCUT2D eigenvalue weighted by atomic mass is 9.94. The van der Waals surface area contributed by atoms with Crippen molar-refractivity contribution in [2.24, 2.45) is 0 Å². The predicted molar refractivity (Wildman–Crippen MR) is 58.9 cm³/mol. The molecule has 0 saturated carbocycles. The third-order valence-corrected chi connectivity index (χ3v) is 3.38. The van der Waals surface area contributed by atoms with Gasteiger partial charge in [0, 0.05) is 19.6 Å². The molecule has 1 atom stereocenters. The number of hydrogen-bond donors (Lipinski definition) is 2. The van der Waals surface area contributed by atoms with Crippen molar-refractivity contribution in [1.82, 2.24) is 10.2 Å². The van der Waals surface area contributed by atoms with Gasteiger partial charge in [0.05, 0.1) is 18.8 Å². The number of aliphatic hydroxyl groups is 1. The summed E-state index contributed by atoms with van der Waals surface area (Å²) in [4.78, 5) is 2.33. The van der Waals surface area contributed by atoms with Gasteiger partial charge < -0.3 is 15.2 Å². The molecule has 0 amide bonds. The number of ether oxygens (including phenoxy) is 1. The average Bonchev–Trinajstić information content (AvgIpc) is 2.45. The third-order valence-electron chi connectivity index (χ3n) is 3.38. The number of nitrogens with one attached hydrogen (secondary N) is 1. The van der Waals surface area contributed by atoms with Gasteiger partial charge in [-0.3, -0.25) is 4.90 Å². The minimum absolute atomic E-state index is 0.471. The lowest BCUT2D eigenvalue weighted by molar-refractivity contribution is -0.0380. The molecule has 2 aliphatic rings. The first-order chi connectivity index (χ1) is 7.29. The molecular formula is C11H22N2O2. The summed E-state index contributed by atoms with van der Waals surface area (Å²) in [6.45, 7) is 6.37. The number of nitrogens with zero attached hydrogens (tertiary/aromatic N) is 1. The number of β-amino-alcohol motifs (C(OH)–C–C–N with tert-alkyl or cyclic N) is 1. The Bertz CT molecular complexity index is 185. The third kappa shape index (κ3) is 3.41. The highest BCUT2D eigenvalue weighted by molar-refractivity contribution is 4.86. The summed E-state index contributed by atoms with van der Waals surface area (Å²) in [5, 5.41) is 13.8. The minimum Gasteiger partial charge on any atom is -0.389 e. The molecule has 0 bridgehead atoms. The van der Waals surface area contributed by atoms with Crippen LogP contribution >= 0.6 is 0 Å². The molecule has 2 saturated heterocycles. The summed E-state index contributed by atoms with van der Waals surface area (Å²) in [5.74, 6) is 0. The highest BCUT2D eigenvalue weighted by Gasteiger charge is 2.30. The first-order valence-corrected chi connectivity index (χ1v) is 6.02. The summed E-state index contributed by atoms with van der Waals surface area (Å²) in [6, 6.07) is 0. The average molecular weight is 214 g/mol. The van der Waals surface area contributed by atoms with Crippen LogP contribution in [0.1, 0.15) is 19.3 Å². The van der Waals surface area contributed by atoms with E-state index in [9.17, 15) is 5.11 Å². The number of morpholine rings is 1. The molecule has 2 aliphatic heterocycles. The van der Waals surface area contributed by atoms with Crippen molar-refractivity contribution in [3.8, 4) is 0 Å². The molecule has 4 heteroatoms. The highest BCUT2D eigenvalue weighted by atomic mass is 16.5. The zero-order valence-electron chi connectivity index (χ0n) is 9.37. The second-order valence-electron chi connectivity index (χ2n) is 4.72. The first-order valence-electron chi connectivity index (χ1n) is 6.02. The molecule has 0 aromatic carbocycles. The van der Waals surface area contributed by atoms with Crippen LogP contribution in [-0.2, 0) is 4.74 Å². The van der Waals surface area contributed by atoms with Crippen LogP contribution in [0.3, 0.4) is 0 Å². The van der Waals surface area contributed by atoms with Crippen molar-refractivity contribution >= 4 is 0 Å². The van der Waals surface area contributed by atoms with Crippen molar-refractivity contribution in [1.29, 1.82) is 0 Å². The molecule has 4 nitrogen and oxygen atoms in total. The molecule has 15 heavy (non-hydrogen) atoms. The molecule has 0 aliphatic carbocycles. The smallest absolute Gasteiger partial charge is 0.0786 e. The summed E-state index contributed by atoms with van der Waals surface area (Å²) >= 11 is 0. The lowest BCUT2D eigenvalue weighted by Crippen LogP contribution is -2.47. The maximum Gasteiger partial charge on any atom is 0.0786 e. The molecule has 0 spiro atoms. The van der Waals surface area contributed by atoms with Gasteiger partial charge in [-0.2, -0.15) is 0 Å². The van der Waals surface area contributed by atoms with Crippen LogP contribution in [0.15, 0.2) is 0 Å². The molecule has 0 aromatic rings. The van der Waals surface area contributed by atoms with Crippen LogP contribution < -0.4 is 5.32 Å². The summed E-state index contributed by atoms with van der Waals surface area (Å²) in [5.41, 5.74) is -0.471. The number of rotatable bonds is 2. The fourth-order valence-corrected chi connectivity index (χ4v) is 2.45. The zero-order chi connectivity index (χ0) is 10.6. The molecule has 0 radical (unpaired) electrons. The van der Waals surface area contributed by atoms with E-state index in [1.165, 1.54) is 0 Å². The molecule has 2 heterocycles. The summed E-state index contributed by atoms with van der Waals surface area (Å²) in [7, 11) is 0. The largest absolute Gasteiger partial charge is 0.389 e. The monoisotopic (exact) mass is 214 g/mol. The number of hydrogen-bond acceptors (Lipinski definition) is 4. The van der Waals surface area contributed by atoms with Crippen molar-refractivity contribution in [3.63, 3.8) is 0 Å². The Kier molecular flexibility index (Phi) is 3.97. The molecule has 0 aromatic heterocycles. The van der Waals surface area contributed by atoms with Crippen molar-refractivity contribution < 1.29 is 9.84 Å². The Morgan fingerprint density at radius 3 is 2.80 bits per heavy atom.